The topological polar surface area (TPSA) is 58.4 Å². The Labute approximate surface area is 147 Å². The SMILES string of the molecule is O=C(N[C@H]1CN2CCC1CC2)c1ccc(Sc2ncc(Cl)o2)s1. The van der Waals surface area contributed by atoms with Crippen LogP contribution in [0.2, 0.25) is 5.22 Å². The number of halogens is 1. The van der Waals surface area contributed by atoms with Gasteiger partial charge in [0.25, 0.3) is 11.1 Å². The molecule has 23 heavy (non-hydrogen) atoms. The Hall–Kier alpha value is -1.02. The lowest BCUT2D eigenvalue weighted by molar-refractivity contribution is 0.0622. The zero-order valence-electron chi connectivity index (χ0n) is 12.3. The summed E-state index contributed by atoms with van der Waals surface area (Å²) in [6, 6.07) is 4.06. The maximum atomic E-state index is 12.5. The van der Waals surface area contributed by atoms with Gasteiger partial charge in [-0.05, 0) is 67.3 Å². The predicted octanol–water partition coefficient (Wildman–Crippen LogP) is 3.36. The summed E-state index contributed by atoms with van der Waals surface area (Å²) >= 11 is 8.54. The quantitative estimate of drug-likeness (QED) is 0.895. The fraction of sp³-hybridized carbons (Fsp3) is 0.467. The van der Waals surface area contributed by atoms with E-state index in [4.69, 9.17) is 16.0 Å². The summed E-state index contributed by atoms with van der Waals surface area (Å²) in [5.41, 5.74) is 0. The van der Waals surface area contributed by atoms with Crippen molar-refractivity contribution in [2.75, 3.05) is 19.6 Å². The number of nitrogens with zero attached hydrogens (tertiary/aromatic N) is 2. The van der Waals surface area contributed by atoms with Crippen LogP contribution >= 0.6 is 34.7 Å². The Bertz CT molecular complexity index is 709. The van der Waals surface area contributed by atoms with E-state index in [0.29, 0.717) is 11.1 Å². The number of hydrogen-bond acceptors (Lipinski definition) is 6. The van der Waals surface area contributed by atoms with E-state index in [9.17, 15) is 4.79 Å². The number of oxazole rings is 1. The molecule has 3 aliphatic heterocycles. The van der Waals surface area contributed by atoms with E-state index in [1.807, 2.05) is 12.1 Å². The first-order valence-corrected chi connectivity index (χ1v) is 9.61. The van der Waals surface area contributed by atoms with E-state index in [1.165, 1.54) is 55.2 Å². The second kappa shape index (κ2) is 6.47. The minimum absolute atomic E-state index is 0.0195. The van der Waals surface area contributed by atoms with Gasteiger partial charge in [0.15, 0.2) is 0 Å². The van der Waals surface area contributed by atoms with Gasteiger partial charge in [0, 0.05) is 12.6 Å². The molecule has 0 aliphatic carbocycles. The molecule has 1 atom stereocenters. The highest BCUT2D eigenvalue weighted by Gasteiger charge is 2.35. The van der Waals surface area contributed by atoms with Crippen LogP contribution in [0.15, 0.2) is 32.2 Å². The van der Waals surface area contributed by atoms with Gasteiger partial charge in [-0.3, -0.25) is 4.79 Å². The number of carbonyl (C=O) groups is 1. The molecule has 3 saturated heterocycles. The first-order valence-electron chi connectivity index (χ1n) is 7.59. The largest absolute Gasteiger partial charge is 0.419 e. The maximum absolute atomic E-state index is 12.5. The highest BCUT2D eigenvalue weighted by atomic mass is 35.5. The molecular weight excluding hydrogens is 354 g/mol. The van der Waals surface area contributed by atoms with Crippen molar-refractivity contribution < 1.29 is 9.21 Å². The van der Waals surface area contributed by atoms with Crippen LogP contribution in [0.25, 0.3) is 0 Å². The Balaban J connectivity index is 1.39. The number of fused-ring (bicyclic) bond motifs is 3. The van der Waals surface area contributed by atoms with E-state index >= 15 is 0 Å². The van der Waals surface area contributed by atoms with Crippen LogP contribution in [0, 0.1) is 5.92 Å². The molecule has 0 saturated carbocycles. The molecule has 2 aromatic rings. The minimum Gasteiger partial charge on any atom is -0.419 e. The van der Waals surface area contributed by atoms with Crippen LogP contribution in [0.1, 0.15) is 22.5 Å². The smallest absolute Gasteiger partial charge is 0.262 e. The number of aromatic nitrogens is 1. The van der Waals surface area contributed by atoms with E-state index in [-0.39, 0.29) is 17.2 Å². The molecule has 5 rings (SSSR count). The first-order chi connectivity index (χ1) is 11.2. The molecule has 0 aromatic carbocycles. The lowest BCUT2D eigenvalue weighted by Gasteiger charge is -2.44. The van der Waals surface area contributed by atoms with Crippen molar-refractivity contribution in [3.05, 3.63) is 28.4 Å². The molecule has 0 spiro atoms. The number of thiophene rings is 1. The lowest BCUT2D eigenvalue weighted by atomic mass is 9.84. The summed E-state index contributed by atoms with van der Waals surface area (Å²) in [5.74, 6) is 0.651. The zero-order valence-corrected chi connectivity index (χ0v) is 14.7. The number of piperidine rings is 3. The van der Waals surface area contributed by atoms with E-state index in [0.717, 1.165) is 15.6 Å². The van der Waals surface area contributed by atoms with Gasteiger partial charge < -0.3 is 14.6 Å². The Morgan fingerprint density at radius 3 is 2.91 bits per heavy atom. The number of amides is 1. The summed E-state index contributed by atoms with van der Waals surface area (Å²) in [4.78, 5) is 19.7. The molecule has 5 nitrogen and oxygen atoms in total. The second-order valence-electron chi connectivity index (χ2n) is 5.87. The van der Waals surface area contributed by atoms with Crippen molar-refractivity contribution in [1.82, 2.24) is 15.2 Å². The van der Waals surface area contributed by atoms with Crippen LogP contribution in [0.4, 0.5) is 0 Å². The Morgan fingerprint density at radius 2 is 2.26 bits per heavy atom. The summed E-state index contributed by atoms with van der Waals surface area (Å²) < 4.78 is 6.19. The molecule has 2 bridgehead atoms. The van der Waals surface area contributed by atoms with Gasteiger partial charge >= 0.3 is 0 Å². The molecule has 8 heteroatoms. The summed E-state index contributed by atoms with van der Waals surface area (Å²) in [6.45, 7) is 3.34. The third kappa shape index (κ3) is 3.42. The molecule has 5 heterocycles. The monoisotopic (exact) mass is 369 g/mol. The molecule has 2 aromatic heterocycles. The maximum Gasteiger partial charge on any atom is 0.262 e. The highest BCUT2D eigenvalue weighted by Crippen LogP contribution is 2.34. The van der Waals surface area contributed by atoms with Crippen LogP contribution in [0.5, 0.6) is 0 Å². The van der Waals surface area contributed by atoms with Gasteiger partial charge in [-0.2, -0.15) is 0 Å². The summed E-state index contributed by atoms with van der Waals surface area (Å²) in [5, 5.41) is 3.96. The van der Waals surface area contributed by atoms with Crippen molar-refractivity contribution in [3.8, 4) is 0 Å². The molecule has 3 aliphatic rings. The van der Waals surface area contributed by atoms with E-state index in [2.05, 4.69) is 15.2 Å². The van der Waals surface area contributed by atoms with Crippen LogP contribution in [-0.2, 0) is 0 Å². The zero-order chi connectivity index (χ0) is 15.8. The average Bonchev–Trinajstić information content (AvgIpc) is 3.18. The normalized spacial score (nSPS) is 26.4. The van der Waals surface area contributed by atoms with Crippen molar-refractivity contribution in [2.24, 2.45) is 5.92 Å². The molecule has 122 valence electrons. The number of rotatable bonds is 4. The van der Waals surface area contributed by atoms with E-state index in [1.54, 1.807) is 0 Å². The van der Waals surface area contributed by atoms with Crippen LogP contribution in [-0.4, -0.2) is 41.5 Å². The highest BCUT2D eigenvalue weighted by molar-refractivity contribution is 8.01. The van der Waals surface area contributed by atoms with E-state index < -0.39 is 0 Å². The van der Waals surface area contributed by atoms with Gasteiger partial charge in [-0.1, -0.05) is 0 Å². The molecular formula is C15H16ClN3O2S2. The first kappa shape index (κ1) is 15.5. The molecule has 0 unspecified atom stereocenters. The molecule has 0 radical (unpaired) electrons. The Morgan fingerprint density at radius 1 is 1.43 bits per heavy atom. The third-order valence-electron chi connectivity index (χ3n) is 4.42. The predicted molar refractivity (Wildman–Crippen MR) is 90.4 cm³/mol. The van der Waals surface area contributed by atoms with Gasteiger partial charge in [-0.25, -0.2) is 4.98 Å². The molecule has 1 amide bonds. The molecule has 3 fully saturated rings. The van der Waals surface area contributed by atoms with Gasteiger partial charge in [0.2, 0.25) is 5.22 Å². The fourth-order valence-electron chi connectivity index (χ4n) is 3.24. The average molecular weight is 370 g/mol. The van der Waals surface area contributed by atoms with Gasteiger partial charge in [0.1, 0.15) is 0 Å². The fourth-order valence-corrected chi connectivity index (χ4v) is 5.24. The second-order valence-corrected chi connectivity index (χ2v) is 8.58. The lowest BCUT2D eigenvalue weighted by Crippen LogP contribution is -2.57. The van der Waals surface area contributed by atoms with Crippen molar-refractivity contribution >= 4 is 40.6 Å². The summed E-state index contributed by atoms with van der Waals surface area (Å²) in [7, 11) is 0. The Kier molecular flexibility index (Phi) is 4.36. The number of nitrogens with one attached hydrogen (secondary N) is 1. The minimum atomic E-state index is 0.0195. The third-order valence-corrected chi connectivity index (χ3v) is 6.68. The van der Waals surface area contributed by atoms with Crippen LogP contribution < -0.4 is 5.32 Å². The summed E-state index contributed by atoms with van der Waals surface area (Å²) in [6.07, 6.45) is 3.86. The number of carbonyl (C=O) groups excluding carboxylic acids is 1. The standard InChI is InChI=1S/C15H16ClN3O2S2/c16-12-7-17-15(21-12)23-13-2-1-11(22-13)14(20)18-10-8-19-5-3-9(10)4-6-19/h1-2,7,9-10H,3-6,8H2,(H,18,20)/t10-/m0/s1. The van der Waals surface area contributed by atoms with Crippen molar-refractivity contribution in [2.45, 2.75) is 28.3 Å². The number of hydrogen-bond donors (Lipinski definition) is 1. The van der Waals surface area contributed by atoms with Gasteiger partial charge in [-0.15, -0.1) is 11.3 Å². The van der Waals surface area contributed by atoms with Crippen molar-refractivity contribution in [3.63, 3.8) is 0 Å². The van der Waals surface area contributed by atoms with Crippen LogP contribution in [0.3, 0.4) is 0 Å². The van der Waals surface area contributed by atoms with Crippen molar-refractivity contribution in [1.29, 1.82) is 0 Å². The van der Waals surface area contributed by atoms with Gasteiger partial charge in [0.05, 0.1) is 15.3 Å². The molecule has 1 N–H and O–H groups in total.